The predicted octanol–water partition coefficient (Wildman–Crippen LogP) is 2.71. The molecule has 28 heavy (non-hydrogen) atoms. The number of hydrogen-bond acceptors (Lipinski definition) is 4. The molecule has 1 N–H and O–H groups in total. The van der Waals surface area contributed by atoms with Gasteiger partial charge >= 0.3 is 0 Å². The van der Waals surface area contributed by atoms with Gasteiger partial charge in [-0.15, -0.1) is 0 Å². The van der Waals surface area contributed by atoms with E-state index in [2.05, 4.69) is 10.2 Å². The van der Waals surface area contributed by atoms with E-state index in [4.69, 9.17) is 0 Å². The zero-order chi connectivity index (χ0) is 20.7. The van der Waals surface area contributed by atoms with Gasteiger partial charge in [-0.3, -0.25) is 9.10 Å². The Morgan fingerprint density at radius 3 is 2.36 bits per heavy atom. The van der Waals surface area contributed by atoms with Crippen LogP contribution in [-0.2, 0) is 14.8 Å². The van der Waals surface area contributed by atoms with Crippen molar-refractivity contribution in [2.24, 2.45) is 0 Å². The topological polar surface area (TPSA) is 69.7 Å². The van der Waals surface area contributed by atoms with Crippen LogP contribution < -0.4 is 14.5 Å². The number of rotatable bonds is 9. The van der Waals surface area contributed by atoms with E-state index < -0.39 is 10.0 Å². The number of aryl methyl sites for hydroxylation is 1. The monoisotopic (exact) mass is 403 g/mol. The van der Waals surface area contributed by atoms with Crippen LogP contribution in [0.15, 0.2) is 48.5 Å². The van der Waals surface area contributed by atoms with Gasteiger partial charge < -0.3 is 10.2 Å². The number of para-hydroxylation sites is 1. The van der Waals surface area contributed by atoms with E-state index in [1.807, 2.05) is 57.3 Å². The van der Waals surface area contributed by atoms with E-state index in [9.17, 15) is 13.2 Å². The molecule has 0 fully saturated rings. The minimum Gasteiger partial charge on any atom is -0.375 e. The summed E-state index contributed by atoms with van der Waals surface area (Å²) in [5.41, 5.74) is 3.49. The summed E-state index contributed by atoms with van der Waals surface area (Å²) >= 11 is 0. The van der Waals surface area contributed by atoms with Crippen molar-refractivity contribution in [2.45, 2.75) is 20.3 Å². The summed E-state index contributed by atoms with van der Waals surface area (Å²) in [6, 6.07) is 15.5. The van der Waals surface area contributed by atoms with Crippen LogP contribution in [0.4, 0.5) is 11.4 Å². The summed E-state index contributed by atoms with van der Waals surface area (Å²) in [4.78, 5) is 14.5. The van der Waals surface area contributed by atoms with Crippen LogP contribution in [0, 0.1) is 13.8 Å². The number of benzene rings is 2. The van der Waals surface area contributed by atoms with E-state index in [0.717, 1.165) is 36.0 Å². The Balaban J connectivity index is 1.91. The lowest BCUT2D eigenvalue weighted by molar-refractivity contribution is -0.119. The molecule has 0 radical (unpaired) electrons. The maximum absolute atomic E-state index is 12.4. The fraction of sp³-hybridized carbons (Fsp3) is 0.381. The largest absolute Gasteiger partial charge is 0.375 e. The van der Waals surface area contributed by atoms with Gasteiger partial charge in [-0.2, -0.15) is 0 Å². The summed E-state index contributed by atoms with van der Waals surface area (Å²) in [5, 5.41) is 2.82. The third-order valence-electron chi connectivity index (χ3n) is 4.72. The average molecular weight is 404 g/mol. The number of carbonyl (C=O) groups excluding carboxylic acids is 1. The minimum atomic E-state index is -3.57. The number of hydrogen-bond donors (Lipinski definition) is 1. The Hall–Kier alpha value is -2.54. The van der Waals surface area contributed by atoms with Gasteiger partial charge in [-0.05, 0) is 49.6 Å². The van der Waals surface area contributed by atoms with Gasteiger partial charge in [0.05, 0.1) is 11.9 Å². The lowest BCUT2D eigenvalue weighted by atomic mass is 10.1. The molecule has 152 valence electrons. The number of nitrogens with zero attached hydrogens (tertiary/aromatic N) is 2. The second-order valence-electron chi connectivity index (χ2n) is 6.95. The van der Waals surface area contributed by atoms with Crippen molar-refractivity contribution < 1.29 is 13.2 Å². The van der Waals surface area contributed by atoms with Gasteiger partial charge in [0.1, 0.15) is 6.54 Å². The van der Waals surface area contributed by atoms with Gasteiger partial charge in [-0.1, -0.05) is 30.3 Å². The van der Waals surface area contributed by atoms with Gasteiger partial charge in [0.2, 0.25) is 15.9 Å². The lowest BCUT2D eigenvalue weighted by Gasteiger charge is -2.24. The van der Waals surface area contributed by atoms with Crippen LogP contribution >= 0.6 is 0 Å². The third-order valence-corrected chi connectivity index (χ3v) is 5.85. The van der Waals surface area contributed by atoms with Crippen LogP contribution in [-0.4, -0.2) is 47.3 Å². The standard InChI is InChI=1S/C21H29N3O3S/c1-17-10-8-13-20(18(17)2)24(28(4,26)27)16-21(25)22-14-9-15-23(3)19-11-6-5-7-12-19/h5-8,10-13H,9,14-16H2,1-4H3,(H,22,25). The van der Waals surface area contributed by atoms with Crippen LogP contribution in [0.1, 0.15) is 17.5 Å². The number of anilines is 2. The summed E-state index contributed by atoms with van der Waals surface area (Å²) in [7, 11) is -1.57. The highest BCUT2D eigenvalue weighted by Gasteiger charge is 2.22. The Morgan fingerprint density at radius 2 is 1.71 bits per heavy atom. The first kappa shape index (κ1) is 21.8. The predicted molar refractivity (Wildman–Crippen MR) is 115 cm³/mol. The summed E-state index contributed by atoms with van der Waals surface area (Å²) in [6.07, 6.45) is 1.89. The number of carbonyl (C=O) groups is 1. The van der Waals surface area contributed by atoms with Crippen LogP contribution in [0.5, 0.6) is 0 Å². The molecule has 0 aliphatic carbocycles. The SMILES string of the molecule is Cc1cccc(N(CC(=O)NCCCN(C)c2ccccc2)S(C)(=O)=O)c1C. The first-order valence-corrected chi connectivity index (χ1v) is 11.1. The second-order valence-corrected chi connectivity index (χ2v) is 8.86. The Morgan fingerprint density at radius 1 is 1.04 bits per heavy atom. The smallest absolute Gasteiger partial charge is 0.240 e. The fourth-order valence-corrected chi connectivity index (χ4v) is 3.84. The maximum Gasteiger partial charge on any atom is 0.240 e. The maximum atomic E-state index is 12.4. The third kappa shape index (κ3) is 5.99. The van der Waals surface area contributed by atoms with Crippen LogP contribution in [0.3, 0.4) is 0 Å². The zero-order valence-electron chi connectivity index (χ0n) is 17.0. The summed E-state index contributed by atoms with van der Waals surface area (Å²) in [6.45, 7) is 4.83. The molecule has 0 atom stereocenters. The van der Waals surface area contributed by atoms with Gasteiger partial charge in [0.15, 0.2) is 0 Å². The fourth-order valence-electron chi connectivity index (χ4n) is 2.93. The highest BCUT2D eigenvalue weighted by molar-refractivity contribution is 7.92. The van der Waals surface area contributed by atoms with Gasteiger partial charge in [0.25, 0.3) is 0 Å². The van der Waals surface area contributed by atoms with Crippen molar-refractivity contribution in [3.8, 4) is 0 Å². The summed E-state index contributed by atoms with van der Waals surface area (Å²) in [5.74, 6) is -0.311. The first-order valence-electron chi connectivity index (χ1n) is 9.27. The number of amides is 1. The van der Waals surface area contributed by atoms with Crippen LogP contribution in [0.25, 0.3) is 0 Å². The molecule has 2 aromatic rings. The second kappa shape index (κ2) is 9.59. The van der Waals surface area contributed by atoms with Gasteiger partial charge in [-0.25, -0.2) is 8.42 Å². The van der Waals surface area contributed by atoms with Crippen molar-refractivity contribution in [3.05, 3.63) is 59.7 Å². The first-order chi connectivity index (χ1) is 13.2. The minimum absolute atomic E-state index is 0.225. The molecule has 2 rings (SSSR count). The lowest BCUT2D eigenvalue weighted by Crippen LogP contribution is -2.41. The Kier molecular flexibility index (Phi) is 7.45. The molecule has 0 aliphatic rings. The van der Waals surface area contributed by atoms with Crippen molar-refractivity contribution in [3.63, 3.8) is 0 Å². The van der Waals surface area contributed by atoms with Crippen molar-refractivity contribution in [1.82, 2.24) is 5.32 Å². The van der Waals surface area contributed by atoms with Crippen LogP contribution in [0.2, 0.25) is 0 Å². The van der Waals surface area contributed by atoms with E-state index in [1.54, 1.807) is 12.1 Å². The molecule has 0 saturated heterocycles. The molecule has 0 saturated carbocycles. The van der Waals surface area contributed by atoms with Gasteiger partial charge in [0, 0.05) is 25.8 Å². The molecule has 0 aliphatic heterocycles. The summed E-state index contributed by atoms with van der Waals surface area (Å²) < 4.78 is 25.7. The number of nitrogens with one attached hydrogen (secondary N) is 1. The normalized spacial score (nSPS) is 11.1. The van der Waals surface area contributed by atoms with Crippen molar-refractivity contribution >= 4 is 27.3 Å². The highest BCUT2D eigenvalue weighted by atomic mass is 32.2. The number of sulfonamides is 1. The molecule has 0 heterocycles. The highest BCUT2D eigenvalue weighted by Crippen LogP contribution is 2.24. The van der Waals surface area contributed by atoms with E-state index >= 15 is 0 Å². The van der Waals surface area contributed by atoms with Crippen molar-refractivity contribution in [1.29, 1.82) is 0 Å². The molecule has 2 aromatic carbocycles. The van der Waals surface area contributed by atoms with E-state index in [1.165, 1.54) is 4.31 Å². The Bertz CT molecular complexity index is 898. The molecule has 0 spiro atoms. The Labute approximate surface area is 168 Å². The zero-order valence-corrected chi connectivity index (χ0v) is 17.8. The average Bonchev–Trinajstić information content (AvgIpc) is 2.65. The molecule has 7 heteroatoms. The molecular weight excluding hydrogens is 374 g/mol. The van der Waals surface area contributed by atoms with Crippen molar-refractivity contribution in [2.75, 3.05) is 42.1 Å². The molecule has 0 aromatic heterocycles. The molecular formula is C21H29N3O3S. The van der Waals surface area contributed by atoms with E-state index in [0.29, 0.717) is 12.2 Å². The molecule has 0 bridgehead atoms. The quantitative estimate of drug-likeness (QED) is 0.654. The van der Waals surface area contributed by atoms with E-state index in [-0.39, 0.29) is 12.5 Å². The molecule has 6 nitrogen and oxygen atoms in total. The molecule has 0 unspecified atom stereocenters. The molecule has 1 amide bonds.